The van der Waals surface area contributed by atoms with Crippen molar-refractivity contribution in [2.45, 2.75) is 51.7 Å². The zero-order valence-electron chi connectivity index (χ0n) is 9.26. The molecule has 0 radical (unpaired) electrons. The molecule has 0 fully saturated rings. The lowest BCUT2D eigenvalue weighted by Crippen LogP contribution is -2.35. The monoisotopic (exact) mass is 189 g/mol. The summed E-state index contributed by atoms with van der Waals surface area (Å²) >= 11 is 0. The van der Waals surface area contributed by atoms with Crippen LogP contribution in [0, 0.1) is 0 Å². The van der Waals surface area contributed by atoms with E-state index in [9.17, 15) is 0 Å². The molecule has 3 nitrogen and oxygen atoms in total. The highest BCUT2D eigenvalue weighted by Gasteiger charge is 2.19. The van der Waals surface area contributed by atoms with E-state index in [1.807, 2.05) is 27.7 Å². The molecule has 80 valence electrons. The van der Waals surface area contributed by atoms with Crippen molar-refractivity contribution >= 4 is 0 Å². The molecule has 0 heterocycles. The van der Waals surface area contributed by atoms with Gasteiger partial charge in [0.2, 0.25) is 0 Å². The predicted molar refractivity (Wildman–Crippen MR) is 54.6 cm³/mol. The smallest absolute Gasteiger partial charge is 0.0648 e. The van der Waals surface area contributed by atoms with E-state index in [2.05, 4.69) is 0 Å². The maximum absolute atomic E-state index is 8.76. The van der Waals surface area contributed by atoms with Gasteiger partial charge in [0, 0.05) is 18.8 Å². The number of aliphatic hydroxyl groups excluding tert-OH is 1. The Balaban J connectivity index is 3.63. The topological polar surface area (TPSA) is 55.5 Å². The summed E-state index contributed by atoms with van der Waals surface area (Å²) in [7, 11) is 0. The standard InChI is InChI=1S/C10H23NO2/c1-9(2,11)6-8-13-10(3,4)5-7-12/h12H,5-8,11H2,1-4H3. The van der Waals surface area contributed by atoms with Crippen LogP contribution in [0.15, 0.2) is 0 Å². The Morgan fingerprint density at radius 2 is 1.69 bits per heavy atom. The first-order chi connectivity index (χ1) is 5.77. The van der Waals surface area contributed by atoms with Crippen LogP contribution in [0.1, 0.15) is 40.5 Å². The van der Waals surface area contributed by atoms with Crippen molar-refractivity contribution in [3.8, 4) is 0 Å². The molecule has 0 aromatic heterocycles. The average Bonchev–Trinajstić information content (AvgIpc) is 1.82. The molecule has 0 aromatic rings. The first kappa shape index (κ1) is 12.9. The zero-order valence-corrected chi connectivity index (χ0v) is 9.26. The Hall–Kier alpha value is -0.120. The summed E-state index contributed by atoms with van der Waals surface area (Å²) in [5.74, 6) is 0. The van der Waals surface area contributed by atoms with E-state index in [4.69, 9.17) is 15.6 Å². The lowest BCUT2D eigenvalue weighted by Gasteiger charge is -2.27. The summed E-state index contributed by atoms with van der Waals surface area (Å²) in [6, 6.07) is 0. The lowest BCUT2D eigenvalue weighted by molar-refractivity contribution is -0.0376. The zero-order chi connectivity index (χ0) is 10.5. The van der Waals surface area contributed by atoms with Crippen molar-refractivity contribution in [3.05, 3.63) is 0 Å². The highest BCUT2D eigenvalue weighted by atomic mass is 16.5. The second kappa shape index (κ2) is 4.94. The molecule has 0 spiro atoms. The third-order valence-corrected chi connectivity index (χ3v) is 1.95. The fraction of sp³-hybridized carbons (Fsp3) is 1.00. The maximum Gasteiger partial charge on any atom is 0.0648 e. The van der Waals surface area contributed by atoms with Gasteiger partial charge in [-0.3, -0.25) is 0 Å². The quantitative estimate of drug-likeness (QED) is 0.662. The van der Waals surface area contributed by atoms with Crippen molar-refractivity contribution in [1.29, 1.82) is 0 Å². The normalized spacial score (nSPS) is 13.4. The number of nitrogens with two attached hydrogens (primary N) is 1. The van der Waals surface area contributed by atoms with E-state index in [1.54, 1.807) is 0 Å². The highest BCUT2D eigenvalue weighted by molar-refractivity contribution is 4.73. The van der Waals surface area contributed by atoms with Gasteiger partial charge < -0.3 is 15.6 Å². The molecule has 0 unspecified atom stereocenters. The molecule has 0 aromatic carbocycles. The minimum absolute atomic E-state index is 0.166. The molecule has 0 rings (SSSR count). The lowest BCUT2D eigenvalue weighted by atomic mass is 10.0. The molecule has 0 bridgehead atoms. The van der Waals surface area contributed by atoms with Gasteiger partial charge in [0.15, 0.2) is 0 Å². The van der Waals surface area contributed by atoms with Crippen LogP contribution in [0.25, 0.3) is 0 Å². The maximum atomic E-state index is 8.76. The summed E-state index contributed by atoms with van der Waals surface area (Å²) < 4.78 is 5.61. The second-order valence-corrected chi connectivity index (χ2v) is 4.82. The molecule has 0 atom stereocenters. The minimum Gasteiger partial charge on any atom is -0.396 e. The van der Waals surface area contributed by atoms with Gasteiger partial charge in [0.1, 0.15) is 0 Å². The van der Waals surface area contributed by atoms with E-state index < -0.39 is 0 Å². The van der Waals surface area contributed by atoms with Gasteiger partial charge in [-0.05, 0) is 40.5 Å². The van der Waals surface area contributed by atoms with E-state index in [-0.39, 0.29) is 17.7 Å². The molecule has 13 heavy (non-hydrogen) atoms. The Morgan fingerprint density at radius 3 is 2.08 bits per heavy atom. The van der Waals surface area contributed by atoms with Gasteiger partial charge in [-0.25, -0.2) is 0 Å². The minimum atomic E-state index is -0.236. The van der Waals surface area contributed by atoms with Gasteiger partial charge in [-0.15, -0.1) is 0 Å². The largest absolute Gasteiger partial charge is 0.396 e. The second-order valence-electron chi connectivity index (χ2n) is 4.82. The predicted octanol–water partition coefficient (Wildman–Crippen LogP) is 1.29. The van der Waals surface area contributed by atoms with Crippen LogP contribution in [-0.2, 0) is 4.74 Å². The van der Waals surface area contributed by atoms with Crippen molar-refractivity contribution < 1.29 is 9.84 Å². The van der Waals surface area contributed by atoms with Gasteiger partial charge in [-0.1, -0.05) is 0 Å². The molecular weight excluding hydrogens is 166 g/mol. The number of rotatable bonds is 6. The molecule has 0 aliphatic rings. The number of ether oxygens (including phenoxy) is 1. The third kappa shape index (κ3) is 8.22. The summed E-state index contributed by atoms with van der Waals surface area (Å²) in [5.41, 5.74) is 5.40. The molecule has 0 amide bonds. The summed E-state index contributed by atoms with van der Waals surface area (Å²) in [5, 5.41) is 8.76. The van der Waals surface area contributed by atoms with E-state index in [0.717, 1.165) is 6.42 Å². The van der Waals surface area contributed by atoms with Crippen molar-refractivity contribution in [1.82, 2.24) is 0 Å². The van der Waals surface area contributed by atoms with Crippen LogP contribution in [-0.4, -0.2) is 29.5 Å². The van der Waals surface area contributed by atoms with E-state index in [1.165, 1.54) is 0 Å². The van der Waals surface area contributed by atoms with Crippen molar-refractivity contribution in [2.75, 3.05) is 13.2 Å². The van der Waals surface area contributed by atoms with Crippen LogP contribution in [0.4, 0.5) is 0 Å². The Morgan fingerprint density at radius 1 is 1.15 bits per heavy atom. The fourth-order valence-corrected chi connectivity index (χ4v) is 0.932. The highest BCUT2D eigenvalue weighted by Crippen LogP contribution is 2.15. The number of hydrogen-bond acceptors (Lipinski definition) is 3. The van der Waals surface area contributed by atoms with Gasteiger partial charge in [-0.2, -0.15) is 0 Å². The van der Waals surface area contributed by atoms with Gasteiger partial charge in [0.05, 0.1) is 5.60 Å². The molecule has 0 saturated heterocycles. The fourth-order valence-electron chi connectivity index (χ4n) is 0.932. The Labute approximate surface area is 81.3 Å². The van der Waals surface area contributed by atoms with E-state index in [0.29, 0.717) is 13.0 Å². The third-order valence-electron chi connectivity index (χ3n) is 1.95. The van der Waals surface area contributed by atoms with Crippen LogP contribution in [0.2, 0.25) is 0 Å². The van der Waals surface area contributed by atoms with E-state index >= 15 is 0 Å². The molecule has 0 aliphatic heterocycles. The average molecular weight is 189 g/mol. The number of aliphatic hydroxyl groups is 1. The van der Waals surface area contributed by atoms with Gasteiger partial charge >= 0.3 is 0 Å². The van der Waals surface area contributed by atoms with Crippen molar-refractivity contribution in [2.24, 2.45) is 5.73 Å². The Bertz CT molecular complexity index is 138. The van der Waals surface area contributed by atoms with Crippen LogP contribution in [0.3, 0.4) is 0 Å². The summed E-state index contributed by atoms with van der Waals surface area (Å²) in [4.78, 5) is 0. The molecule has 3 N–H and O–H groups in total. The first-order valence-corrected chi connectivity index (χ1v) is 4.80. The summed E-state index contributed by atoms with van der Waals surface area (Å²) in [6.45, 7) is 8.74. The van der Waals surface area contributed by atoms with Crippen LogP contribution in [0.5, 0.6) is 0 Å². The Kier molecular flexibility index (Phi) is 4.89. The molecular formula is C10H23NO2. The van der Waals surface area contributed by atoms with Crippen LogP contribution >= 0.6 is 0 Å². The molecule has 3 heteroatoms. The molecule has 0 aliphatic carbocycles. The number of hydrogen-bond donors (Lipinski definition) is 2. The van der Waals surface area contributed by atoms with Gasteiger partial charge in [0.25, 0.3) is 0 Å². The van der Waals surface area contributed by atoms with Crippen LogP contribution < -0.4 is 5.73 Å². The molecule has 0 saturated carbocycles. The SMILES string of the molecule is CC(C)(N)CCOC(C)(C)CCO. The first-order valence-electron chi connectivity index (χ1n) is 4.80. The summed E-state index contributed by atoms with van der Waals surface area (Å²) in [6.07, 6.45) is 1.50. The van der Waals surface area contributed by atoms with Crippen molar-refractivity contribution in [3.63, 3.8) is 0 Å².